The zero-order valence-corrected chi connectivity index (χ0v) is 15.4. The molecule has 6 nitrogen and oxygen atoms in total. The molecular formula is C20H29N3O3. The first kappa shape index (κ1) is 17.8. The Morgan fingerprint density at radius 2 is 1.88 bits per heavy atom. The molecule has 0 bridgehead atoms. The number of ether oxygens (including phenoxy) is 2. The van der Waals surface area contributed by atoms with Crippen LogP contribution in [0.5, 0.6) is 0 Å². The van der Waals surface area contributed by atoms with E-state index in [0.717, 1.165) is 64.2 Å². The summed E-state index contributed by atoms with van der Waals surface area (Å²) in [5.74, 6) is 0. The van der Waals surface area contributed by atoms with Crippen LogP contribution in [0.15, 0.2) is 24.3 Å². The maximum absolute atomic E-state index is 12.7. The Hall–Kier alpha value is -1.63. The second-order valence-electron chi connectivity index (χ2n) is 7.43. The Morgan fingerprint density at radius 3 is 2.69 bits per heavy atom. The SMILES string of the molecule is O=C(Nc1ccc(CCN2CCOCC2)cc1)N1CCO[C@H]2CCC[C@@H]21. The summed E-state index contributed by atoms with van der Waals surface area (Å²) < 4.78 is 11.2. The second-order valence-corrected chi connectivity index (χ2v) is 7.43. The molecule has 0 unspecified atom stereocenters. The number of hydrogen-bond acceptors (Lipinski definition) is 4. The van der Waals surface area contributed by atoms with Gasteiger partial charge in [0.05, 0.1) is 32.0 Å². The molecule has 2 heterocycles. The van der Waals surface area contributed by atoms with Gasteiger partial charge in [-0.05, 0) is 43.4 Å². The van der Waals surface area contributed by atoms with Crippen molar-refractivity contribution in [2.45, 2.75) is 37.8 Å². The van der Waals surface area contributed by atoms with Crippen LogP contribution >= 0.6 is 0 Å². The van der Waals surface area contributed by atoms with Crippen LogP contribution in [-0.4, -0.2) is 74.0 Å². The highest BCUT2D eigenvalue weighted by Crippen LogP contribution is 2.30. The van der Waals surface area contributed by atoms with E-state index in [-0.39, 0.29) is 18.2 Å². The standard InChI is InChI=1S/C20H29N3O3/c24-20(23-12-15-26-19-3-1-2-18(19)23)21-17-6-4-16(5-7-17)8-9-22-10-13-25-14-11-22/h4-7,18-19H,1-3,8-15H2,(H,21,24)/t18-,19-/m0/s1. The summed E-state index contributed by atoms with van der Waals surface area (Å²) in [4.78, 5) is 17.1. The van der Waals surface area contributed by atoms with E-state index in [4.69, 9.17) is 9.47 Å². The van der Waals surface area contributed by atoms with Crippen molar-refractivity contribution in [2.75, 3.05) is 51.3 Å². The van der Waals surface area contributed by atoms with Gasteiger partial charge in [0.2, 0.25) is 0 Å². The fourth-order valence-electron chi connectivity index (χ4n) is 4.24. The van der Waals surface area contributed by atoms with Gasteiger partial charge >= 0.3 is 6.03 Å². The molecule has 1 aliphatic carbocycles. The van der Waals surface area contributed by atoms with E-state index in [1.54, 1.807) is 0 Å². The van der Waals surface area contributed by atoms with Crippen LogP contribution in [0.3, 0.4) is 0 Å². The zero-order valence-electron chi connectivity index (χ0n) is 15.4. The summed E-state index contributed by atoms with van der Waals surface area (Å²) in [6.07, 6.45) is 4.54. The number of carbonyl (C=O) groups is 1. The number of benzene rings is 1. The van der Waals surface area contributed by atoms with Gasteiger partial charge in [0, 0.05) is 31.9 Å². The fourth-order valence-corrected chi connectivity index (χ4v) is 4.24. The monoisotopic (exact) mass is 359 g/mol. The van der Waals surface area contributed by atoms with Crippen LogP contribution < -0.4 is 5.32 Å². The van der Waals surface area contributed by atoms with Crippen molar-refractivity contribution >= 4 is 11.7 Å². The van der Waals surface area contributed by atoms with Gasteiger partial charge in [-0.1, -0.05) is 12.1 Å². The Kier molecular flexibility index (Phi) is 5.72. The Balaban J connectivity index is 1.28. The number of nitrogens with one attached hydrogen (secondary N) is 1. The van der Waals surface area contributed by atoms with Crippen molar-refractivity contribution in [1.82, 2.24) is 9.80 Å². The first-order valence-electron chi connectivity index (χ1n) is 9.88. The van der Waals surface area contributed by atoms with E-state index in [0.29, 0.717) is 13.2 Å². The van der Waals surface area contributed by atoms with E-state index in [1.807, 2.05) is 17.0 Å². The summed E-state index contributed by atoms with van der Waals surface area (Å²) in [5, 5.41) is 3.06. The molecule has 2 aliphatic heterocycles. The molecule has 2 saturated heterocycles. The summed E-state index contributed by atoms with van der Waals surface area (Å²) >= 11 is 0. The van der Waals surface area contributed by atoms with Gasteiger partial charge in [-0.3, -0.25) is 4.90 Å². The smallest absolute Gasteiger partial charge is 0.322 e. The van der Waals surface area contributed by atoms with Crippen LogP contribution in [-0.2, 0) is 15.9 Å². The first-order chi connectivity index (χ1) is 12.8. The molecule has 1 saturated carbocycles. The molecule has 0 radical (unpaired) electrons. The van der Waals surface area contributed by atoms with Crippen molar-refractivity contribution in [3.63, 3.8) is 0 Å². The van der Waals surface area contributed by atoms with Gasteiger partial charge in [0.15, 0.2) is 0 Å². The predicted octanol–water partition coefficient (Wildman–Crippen LogP) is 2.35. The van der Waals surface area contributed by atoms with Crippen LogP contribution in [0.2, 0.25) is 0 Å². The lowest BCUT2D eigenvalue weighted by Gasteiger charge is -2.37. The van der Waals surface area contributed by atoms with Crippen LogP contribution in [0, 0.1) is 0 Å². The summed E-state index contributed by atoms with van der Waals surface area (Å²) in [6, 6.07) is 8.52. The molecular weight excluding hydrogens is 330 g/mol. The lowest BCUT2D eigenvalue weighted by molar-refractivity contribution is -0.0362. The maximum atomic E-state index is 12.7. The van der Waals surface area contributed by atoms with E-state index in [1.165, 1.54) is 5.56 Å². The third kappa shape index (κ3) is 4.19. The number of rotatable bonds is 4. The number of carbonyl (C=O) groups excluding carboxylic acids is 1. The molecule has 6 heteroatoms. The Labute approximate surface area is 155 Å². The third-order valence-corrected chi connectivity index (χ3v) is 5.77. The van der Waals surface area contributed by atoms with E-state index < -0.39 is 0 Å². The molecule has 0 aromatic heterocycles. The number of urea groups is 1. The predicted molar refractivity (Wildman–Crippen MR) is 101 cm³/mol. The highest BCUT2D eigenvalue weighted by molar-refractivity contribution is 5.89. The van der Waals surface area contributed by atoms with Crippen LogP contribution in [0.4, 0.5) is 10.5 Å². The van der Waals surface area contributed by atoms with Gasteiger partial charge in [-0.25, -0.2) is 4.79 Å². The number of hydrogen-bond donors (Lipinski definition) is 1. The second kappa shape index (κ2) is 8.37. The number of amides is 2. The topological polar surface area (TPSA) is 54.0 Å². The highest BCUT2D eigenvalue weighted by Gasteiger charge is 2.38. The summed E-state index contributed by atoms with van der Waals surface area (Å²) in [5.41, 5.74) is 2.17. The van der Waals surface area contributed by atoms with E-state index >= 15 is 0 Å². The largest absolute Gasteiger partial charge is 0.379 e. The van der Waals surface area contributed by atoms with Gasteiger partial charge in [0.25, 0.3) is 0 Å². The lowest BCUT2D eigenvalue weighted by atomic mass is 10.1. The molecule has 3 aliphatic rings. The normalized spacial score (nSPS) is 26.5. The van der Waals surface area contributed by atoms with Gasteiger partial charge in [-0.15, -0.1) is 0 Å². The average molecular weight is 359 g/mol. The third-order valence-electron chi connectivity index (χ3n) is 5.77. The molecule has 2 amide bonds. The molecule has 0 spiro atoms. The van der Waals surface area contributed by atoms with Crippen LogP contribution in [0.25, 0.3) is 0 Å². The lowest BCUT2D eigenvalue weighted by Crippen LogP contribution is -2.52. The molecule has 1 aromatic carbocycles. The van der Waals surface area contributed by atoms with Crippen molar-refractivity contribution in [3.05, 3.63) is 29.8 Å². The molecule has 1 aromatic rings. The van der Waals surface area contributed by atoms with Crippen molar-refractivity contribution < 1.29 is 14.3 Å². The number of fused-ring (bicyclic) bond motifs is 1. The highest BCUT2D eigenvalue weighted by atomic mass is 16.5. The molecule has 2 atom stereocenters. The summed E-state index contributed by atoms with van der Waals surface area (Å²) in [6.45, 7) is 6.13. The molecule has 4 rings (SSSR count). The summed E-state index contributed by atoms with van der Waals surface area (Å²) in [7, 11) is 0. The van der Waals surface area contributed by atoms with Gasteiger partial charge < -0.3 is 19.7 Å². The molecule has 26 heavy (non-hydrogen) atoms. The number of morpholine rings is 2. The van der Waals surface area contributed by atoms with E-state index in [9.17, 15) is 4.79 Å². The average Bonchev–Trinajstić information content (AvgIpc) is 3.17. The molecule has 1 N–H and O–H groups in total. The Bertz CT molecular complexity index is 601. The van der Waals surface area contributed by atoms with Gasteiger partial charge in [0.1, 0.15) is 0 Å². The number of nitrogens with zero attached hydrogens (tertiary/aromatic N) is 2. The molecule has 3 fully saturated rings. The Morgan fingerprint density at radius 1 is 1.08 bits per heavy atom. The maximum Gasteiger partial charge on any atom is 0.322 e. The quantitative estimate of drug-likeness (QED) is 0.897. The van der Waals surface area contributed by atoms with Crippen molar-refractivity contribution in [1.29, 1.82) is 0 Å². The minimum atomic E-state index is 0.00580. The minimum Gasteiger partial charge on any atom is -0.379 e. The minimum absolute atomic E-state index is 0.00580. The first-order valence-corrected chi connectivity index (χ1v) is 9.88. The van der Waals surface area contributed by atoms with Crippen molar-refractivity contribution in [3.8, 4) is 0 Å². The number of anilines is 1. The zero-order chi connectivity index (χ0) is 17.8. The fraction of sp³-hybridized carbons (Fsp3) is 0.650. The van der Waals surface area contributed by atoms with E-state index in [2.05, 4.69) is 22.3 Å². The van der Waals surface area contributed by atoms with Crippen molar-refractivity contribution in [2.24, 2.45) is 0 Å². The van der Waals surface area contributed by atoms with Crippen LogP contribution in [0.1, 0.15) is 24.8 Å². The van der Waals surface area contributed by atoms with Gasteiger partial charge in [-0.2, -0.15) is 0 Å². The molecule has 142 valence electrons.